The van der Waals surface area contributed by atoms with E-state index in [-0.39, 0.29) is 23.8 Å². The number of hydrogen-bond donors (Lipinski definition) is 0. The van der Waals surface area contributed by atoms with Crippen molar-refractivity contribution in [1.29, 1.82) is 0 Å². The van der Waals surface area contributed by atoms with Crippen molar-refractivity contribution in [1.82, 2.24) is 0 Å². The largest absolute Gasteiger partial charge is 0.294 e. The second-order valence-corrected chi connectivity index (χ2v) is 4.49. The van der Waals surface area contributed by atoms with Crippen LogP contribution >= 0.6 is 0 Å². The van der Waals surface area contributed by atoms with E-state index in [9.17, 15) is 14.4 Å². The van der Waals surface area contributed by atoms with Crippen LogP contribution < -0.4 is 0 Å². The summed E-state index contributed by atoms with van der Waals surface area (Å²) in [6, 6.07) is 15.2. The zero-order chi connectivity index (χ0) is 14.5. The fourth-order valence-corrected chi connectivity index (χ4v) is 2.00. The maximum atomic E-state index is 12.2. The molecule has 100 valence electrons. The maximum absolute atomic E-state index is 12.2. The first-order valence-corrected chi connectivity index (χ1v) is 6.31. The van der Waals surface area contributed by atoms with Gasteiger partial charge >= 0.3 is 0 Å². The van der Waals surface area contributed by atoms with E-state index in [2.05, 4.69) is 0 Å². The van der Waals surface area contributed by atoms with Gasteiger partial charge in [0.15, 0.2) is 17.3 Å². The van der Waals surface area contributed by atoms with Crippen molar-refractivity contribution in [2.45, 2.75) is 13.3 Å². The first-order valence-electron chi connectivity index (χ1n) is 6.31. The Balaban J connectivity index is 2.21. The Labute approximate surface area is 117 Å². The van der Waals surface area contributed by atoms with Crippen molar-refractivity contribution in [3.8, 4) is 0 Å². The molecule has 0 saturated carbocycles. The summed E-state index contributed by atoms with van der Waals surface area (Å²) >= 11 is 0. The molecule has 2 rings (SSSR count). The second-order valence-electron chi connectivity index (χ2n) is 4.49. The third-order valence-corrected chi connectivity index (χ3v) is 3.02. The highest BCUT2D eigenvalue weighted by atomic mass is 16.1. The van der Waals surface area contributed by atoms with Crippen molar-refractivity contribution in [3.05, 3.63) is 71.3 Å². The monoisotopic (exact) mass is 266 g/mol. The van der Waals surface area contributed by atoms with Gasteiger partial charge in [0.05, 0.1) is 6.42 Å². The molecule has 0 bridgehead atoms. The van der Waals surface area contributed by atoms with Crippen LogP contribution in [0.15, 0.2) is 54.6 Å². The standard InChI is InChI=1S/C17H14O3/c1-12(18)14-9-5-6-10-15(14)17(20)11-16(19)13-7-3-2-4-8-13/h2-10H,11H2,1H3. The van der Waals surface area contributed by atoms with Crippen LogP contribution in [-0.4, -0.2) is 17.3 Å². The lowest BCUT2D eigenvalue weighted by Crippen LogP contribution is -2.12. The van der Waals surface area contributed by atoms with Gasteiger partial charge in [-0.3, -0.25) is 14.4 Å². The summed E-state index contributed by atoms with van der Waals surface area (Å²) in [5.74, 6) is -0.750. The highest BCUT2D eigenvalue weighted by molar-refractivity contribution is 6.17. The van der Waals surface area contributed by atoms with Gasteiger partial charge in [-0.1, -0.05) is 54.6 Å². The average molecular weight is 266 g/mol. The zero-order valence-corrected chi connectivity index (χ0v) is 11.1. The van der Waals surface area contributed by atoms with Gasteiger partial charge in [0.1, 0.15) is 0 Å². The summed E-state index contributed by atoms with van der Waals surface area (Å²) in [6.45, 7) is 1.41. The topological polar surface area (TPSA) is 51.2 Å². The molecule has 0 aliphatic carbocycles. The van der Waals surface area contributed by atoms with Crippen LogP contribution in [0, 0.1) is 0 Å². The Morgan fingerprint density at radius 3 is 1.90 bits per heavy atom. The molecule has 0 amide bonds. The minimum Gasteiger partial charge on any atom is -0.294 e. The van der Waals surface area contributed by atoms with E-state index in [1.807, 2.05) is 6.07 Å². The van der Waals surface area contributed by atoms with E-state index in [1.54, 1.807) is 48.5 Å². The number of carbonyl (C=O) groups excluding carboxylic acids is 3. The first-order chi connectivity index (χ1) is 9.59. The summed E-state index contributed by atoms with van der Waals surface area (Å²) in [4.78, 5) is 35.7. The lowest BCUT2D eigenvalue weighted by atomic mass is 9.96. The molecule has 0 radical (unpaired) electrons. The van der Waals surface area contributed by atoms with Gasteiger partial charge in [0.2, 0.25) is 0 Å². The van der Waals surface area contributed by atoms with Crippen molar-refractivity contribution >= 4 is 17.3 Å². The molecule has 0 unspecified atom stereocenters. The van der Waals surface area contributed by atoms with Crippen LogP contribution in [-0.2, 0) is 0 Å². The lowest BCUT2D eigenvalue weighted by molar-refractivity contribution is 0.0887. The van der Waals surface area contributed by atoms with E-state index < -0.39 is 0 Å². The van der Waals surface area contributed by atoms with E-state index in [4.69, 9.17) is 0 Å². The molecular formula is C17H14O3. The number of hydrogen-bond acceptors (Lipinski definition) is 3. The maximum Gasteiger partial charge on any atom is 0.171 e. The normalized spacial score (nSPS) is 10.1. The van der Waals surface area contributed by atoms with Gasteiger partial charge < -0.3 is 0 Å². The molecule has 0 spiro atoms. The number of benzene rings is 2. The van der Waals surface area contributed by atoms with Crippen LogP contribution in [0.4, 0.5) is 0 Å². The van der Waals surface area contributed by atoms with Crippen LogP contribution in [0.25, 0.3) is 0 Å². The average Bonchev–Trinajstić information content (AvgIpc) is 2.48. The third-order valence-electron chi connectivity index (χ3n) is 3.02. The Morgan fingerprint density at radius 2 is 1.30 bits per heavy atom. The van der Waals surface area contributed by atoms with Gasteiger partial charge in [-0.15, -0.1) is 0 Å². The minimum atomic E-state index is -0.329. The van der Waals surface area contributed by atoms with Gasteiger partial charge in [0.25, 0.3) is 0 Å². The predicted molar refractivity (Wildman–Crippen MR) is 76.2 cm³/mol. The molecule has 20 heavy (non-hydrogen) atoms. The molecule has 0 aliphatic heterocycles. The lowest BCUT2D eigenvalue weighted by Gasteiger charge is -2.05. The smallest absolute Gasteiger partial charge is 0.171 e. The van der Waals surface area contributed by atoms with Gasteiger partial charge in [-0.05, 0) is 6.92 Å². The molecule has 3 nitrogen and oxygen atoms in total. The number of rotatable bonds is 5. The van der Waals surface area contributed by atoms with Gasteiger partial charge in [-0.2, -0.15) is 0 Å². The third kappa shape index (κ3) is 3.06. The summed E-state index contributed by atoms with van der Waals surface area (Å²) in [7, 11) is 0. The summed E-state index contributed by atoms with van der Waals surface area (Å²) in [6.07, 6.45) is -0.228. The molecule has 0 aromatic heterocycles. The van der Waals surface area contributed by atoms with Crippen LogP contribution in [0.3, 0.4) is 0 Å². The van der Waals surface area contributed by atoms with Crippen molar-refractivity contribution in [3.63, 3.8) is 0 Å². The molecule has 2 aromatic rings. The fraction of sp³-hybridized carbons (Fsp3) is 0.118. The highest BCUT2D eigenvalue weighted by Gasteiger charge is 2.17. The zero-order valence-electron chi connectivity index (χ0n) is 11.1. The fourth-order valence-electron chi connectivity index (χ4n) is 2.00. The second kappa shape index (κ2) is 6.06. The van der Waals surface area contributed by atoms with Gasteiger partial charge in [-0.25, -0.2) is 0 Å². The molecule has 0 aliphatic rings. The molecule has 0 fully saturated rings. The van der Waals surface area contributed by atoms with Crippen molar-refractivity contribution in [2.75, 3.05) is 0 Å². The summed E-state index contributed by atoms with van der Waals surface area (Å²) in [5, 5.41) is 0. The quantitative estimate of drug-likeness (QED) is 0.616. The first kappa shape index (κ1) is 13.9. The Hall–Kier alpha value is -2.55. The highest BCUT2D eigenvalue weighted by Crippen LogP contribution is 2.14. The van der Waals surface area contributed by atoms with Crippen molar-refractivity contribution < 1.29 is 14.4 Å². The van der Waals surface area contributed by atoms with E-state index in [0.29, 0.717) is 16.7 Å². The number of carbonyl (C=O) groups is 3. The predicted octanol–water partition coefficient (Wildman–Crippen LogP) is 3.34. The SMILES string of the molecule is CC(=O)c1ccccc1C(=O)CC(=O)c1ccccc1. The molecule has 0 N–H and O–H groups in total. The summed E-state index contributed by atoms with van der Waals surface area (Å²) in [5.41, 5.74) is 1.17. The van der Waals surface area contributed by atoms with E-state index in [0.717, 1.165) is 0 Å². The molecular weight excluding hydrogens is 252 g/mol. The van der Waals surface area contributed by atoms with Gasteiger partial charge in [0, 0.05) is 16.7 Å². The Morgan fingerprint density at radius 1 is 0.750 bits per heavy atom. The van der Waals surface area contributed by atoms with Crippen LogP contribution in [0.5, 0.6) is 0 Å². The molecule has 0 heterocycles. The summed E-state index contributed by atoms with van der Waals surface area (Å²) < 4.78 is 0. The van der Waals surface area contributed by atoms with Crippen LogP contribution in [0.2, 0.25) is 0 Å². The molecule has 2 aromatic carbocycles. The molecule has 0 saturated heterocycles. The minimum absolute atomic E-state index is 0.180. The number of ketones is 3. The van der Waals surface area contributed by atoms with Crippen LogP contribution in [0.1, 0.15) is 44.4 Å². The number of Topliss-reactive ketones (excluding diaryl/α,β-unsaturated/α-hetero) is 3. The van der Waals surface area contributed by atoms with Crippen molar-refractivity contribution in [2.24, 2.45) is 0 Å². The molecule has 3 heteroatoms. The molecule has 0 atom stereocenters. The Bertz CT molecular complexity index is 657. The Kier molecular flexibility index (Phi) is 4.20. The van der Waals surface area contributed by atoms with E-state index in [1.165, 1.54) is 6.92 Å². The van der Waals surface area contributed by atoms with E-state index >= 15 is 0 Å².